The van der Waals surface area contributed by atoms with Crippen LogP contribution in [0.15, 0.2) is 24.3 Å². The molecule has 0 spiro atoms. The van der Waals surface area contributed by atoms with Crippen molar-refractivity contribution in [3.63, 3.8) is 0 Å². The van der Waals surface area contributed by atoms with E-state index >= 15 is 0 Å². The van der Waals surface area contributed by atoms with E-state index in [2.05, 4.69) is 5.32 Å². The fraction of sp³-hybridized carbons (Fsp3) is 0.462. The largest absolute Gasteiger partial charge is 0.416 e. The second-order valence-electron chi connectivity index (χ2n) is 4.86. The Balaban J connectivity index is 2.60. The zero-order valence-electron chi connectivity index (χ0n) is 11.9. The number of anilines is 1. The second-order valence-corrected chi connectivity index (χ2v) is 4.86. The lowest BCUT2D eigenvalue weighted by Crippen LogP contribution is -2.43. The number of hydrogen-bond donors (Lipinski definition) is 2. The molecular weight excluding hydrogens is 330 g/mol. The maximum atomic E-state index is 12.2. The van der Waals surface area contributed by atoms with E-state index in [4.69, 9.17) is 5.11 Å². The number of urea groups is 1. The summed E-state index contributed by atoms with van der Waals surface area (Å²) in [4.78, 5) is 12.3. The van der Waals surface area contributed by atoms with Gasteiger partial charge in [-0.05, 0) is 17.7 Å². The van der Waals surface area contributed by atoms with Gasteiger partial charge in [0.05, 0.1) is 13.0 Å². The quantitative estimate of drug-likeness (QED) is 0.825. The Morgan fingerprint density at radius 2 is 1.70 bits per heavy atom. The molecule has 130 valence electrons. The average Bonchev–Trinajstić information content (AvgIpc) is 2.38. The molecule has 4 nitrogen and oxygen atoms in total. The van der Waals surface area contributed by atoms with Gasteiger partial charge in [0, 0.05) is 12.7 Å². The molecule has 0 bridgehead atoms. The maximum absolute atomic E-state index is 12.2. The fourth-order valence-electron chi connectivity index (χ4n) is 1.60. The standard InChI is InChI=1S/C13H14F6N2O2/c1-21(7-10(22)13(17,18)19)11(23)20-9-4-2-8(3-5-9)6-12(14,15)16/h2-5,10,22H,6-7H2,1H3,(H,20,23). The van der Waals surface area contributed by atoms with Crippen LogP contribution in [0.3, 0.4) is 0 Å². The molecule has 1 atom stereocenters. The molecule has 1 aromatic carbocycles. The number of rotatable bonds is 4. The highest BCUT2D eigenvalue weighted by Crippen LogP contribution is 2.23. The van der Waals surface area contributed by atoms with Crippen molar-refractivity contribution in [1.82, 2.24) is 4.90 Å². The van der Waals surface area contributed by atoms with Gasteiger partial charge in [0.2, 0.25) is 0 Å². The molecule has 0 aliphatic heterocycles. The summed E-state index contributed by atoms with van der Waals surface area (Å²) in [5.74, 6) is 0. The number of aliphatic hydroxyl groups excluding tert-OH is 1. The zero-order valence-corrected chi connectivity index (χ0v) is 11.9. The third-order valence-corrected chi connectivity index (χ3v) is 2.78. The third kappa shape index (κ3) is 6.76. The molecule has 2 amide bonds. The summed E-state index contributed by atoms with van der Waals surface area (Å²) >= 11 is 0. The number of carbonyl (C=O) groups excluding carboxylic acids is 1. The summed E-state index contributed by atoms with van der Waals surface area (Å²) in [6, 6.07) is 3.76. The number of benzene rings is 1. The number of nitrogens with one attached hydrogen (secondary N) is 1. The molecule has 1 unspecified atom stereocenters. The lowest BCUT2D eigenvalue weighted by atomic mass is 10.1. The van der Waals surface area contributed by atoms with E-state index in [-0.39, 0.29) is 11.3 Å². The van der Waals surface area contributed by atoms with Gasteiger partial charge in [-0.1, -0.05) is 12.1 Å². The number of carbonyl (C=O) groups is 1. The molecule has 1 rings (SSSR count). The maximum Gasteiger partial charge on any atom is 0.416 e. The van der Waals surface area contributed by atoms with Gasteiger partial charge in [0.1, 0.15) is 0 Å². The van der Waals surface area contributed by atoms with E-state index in [0.717, 1.165) is 19.2 Å². The molecule has 0 aliphatic rings. The van der Waals surface area contributed by atoms with E-state index in [1.165, 1.54) is 12.1 Å². The first kappa shape index (κ1) is 19.1. The first-order valence-corrected chi connectivity index (χ1v) is 6.31. The third-order valence-electron chi connectivity index (χ3n) is 2.78. The predicted molar refractivity (Wildman–Crippen MR) is 69.9 cm³/mol. The van der Waals surface area contributed by atoms with Gasteiger partial charge in [0.15, 0.2) is 6.10 Å². The van der Waals surface area contributed by atoms with Gasteiger partial charge in [-0.25, -0.2) is 4.79 Å². The van der Waals surface area contributed by atoms with Gasteiger partial charge < -0.3 is 15.3 Å². The van der Waals surface area contributed by atoms with Crippen molar-refractivity contribution in [2.24, 2.45) is 0 Å². The lowest BCUT2D eigenvalue weighted by molar-refractivity contribution is -0.205. The molecule has 0 aromatic heterocycles. The zero-order chi connectivity index (χ0) is 17.8. The Hall–Kier alpha value is -1.97. The monoisotopic (exact) mass is 344 g/mol. The topological polar surface area (TPSA) is 52.6 Å². The van der Waals surface area contributed by atoms with Crippen LogP contribution in [0.5, 0.6) is 0 Å². The summed E-state index contributed by atoms with van der Waals surface area (Å²) in [6.45, 7) is -0.971. The number of alkyl halides is 6. The summed E-state index contributed by atoms with van der Waals surface area (Å²) < 4.78 is 73.1. The molecule has 0 radical (unpaired) electrons. The van der Waals surface area contributed by atoms with Crippen LogP contribution in [-0.2, 0) is 6.42 Å². The smallest absolute Gasteiger partial charge is 0.382 e. The Morgan fingerprint density at radius 1 is 1.17 bits per heavy atom. The SMILES string of the molecule is CN(CC(O)C(F)(F)F)C(=O)Nc1ccc(CC(F)(F)F)cc1. The highest BCUT2D eigenvalue weighted by Gasteiger charge is 2.39. The van der Waals surface area contributed by atoms with E-state index in [1.54, 1.807) is 0 Å². The van der Waals surface area contributed by atoms with E-state index in [0.29, 0.717) is 4.90 Å². The van der Waals surface area contributed by atoms with Gasteiger partial charge in [-0.15, -0.1) is 0 Å². The van der Waals surface area contributed by atoms with Crippen LogP contribution in [0.2, 0.25) is 0 Å². The first-order chi connectivity index (χ1) is 10.4. The second kappa shape index (κ2) is 7.07. The number of halogens is 6. The van der Waals surface area contributed by atoms with Crippen LogP contribution in [0.1, 0.15) is 5.56 Å². The van der Waals surface area contributed by atoms with Gasteiger partial charge in [0.25, 0.3) is 0 Å². The van der Waals surface area contributed by atoms with Gasteiger partial charge >= 0.3 is 18.4 Å². The van der Waals surface area contributed by atoms with Crippen molar-refractivity contribution < 1.29 is 36.2 Å². The minimum absolute atomic E-state index is 0.0173. The van der Waals surface area contributed by atoms with Crippen LogP contribution < -0.4 is 5.32 Å². The number of amides is 2. The Kier molecular flexibility index (Phi) is 5.86. The highest BCUT2D eigenvalue weighted by atomic mass is 19.4. The summed E-state index contributed by atoms with van der Waals surface area (Å²) in [6.07, 6.45) is -13.0. The number of hydrogen-bond acceptors (Lipinski definition) is 2. The number of likely N-dealkylation sites (N-methyl/N-ethyl adjacent to an activating group) is 1. The predicted octanol–water partition coefficient (Wildman–Crippen LogP) is 3.18. The molecule has 23 heavy (non-hydrogen) atoms. The van der Waals surface area contributed by atoms with Crippen LogP contribution in [0.25, 0.3) is 0 Å². The van der Waals surface area contributed by atoms with Crippen LogP contribution in [-0.4, -0.2) is 48.1 Å². The molecule has 10 heteroatoms. The van der Waals surface area contributed by atoms with Crippen molar-refractivity contribution in [2.75, 3.05) is 18.9 Å². The Morgan fingerprint density at radius 3 is 2.13 bits per heavy atom. The summed E-state index contributed by atoms with van der Waals surface area (Å²) in [5.41, 5.74) is 0.102. The van der Waals surface area contributed by atoms with E-state index < -0.39 is 37.5 Å². The molecule has 0 saturated carbocycles. The van der Waals surface area contributed by atoms with Gasteiger partial charge in [-0.3, -0.25) is 0 Å². The highest BCUT2D eigenvalue weighted by molar-refractivity contribution is 5.89. The molecule has 0 saturated heterocycles. The molecule has 0 fully saturated rings. The normalized spacial score (nSPS) is 13.6. The average molecular weight is 344 g/mol. The number of nitrogens with zero attached hydrogens (tertiary/aromatic N) is 1. The summed E-state index contributed by atoms with van der Waals surface area (Å²) in [7, 11) is 1.04. The molecule has 0 aliphatic carbocycles. The minimum Gasteiger partial charge on any atom is -0.382 e. The molecular formula is C13H14F6N2O2. The van der Waals surface area contributed by atoms with E-state index in [9.17, 15) is 31.1 Å². The van der Waals surface area contributed by atoms with Crippen LogP contribution in [0.4, 0.5) is 36.8 Å². The van der Waals surface area contributed by atoms with E-state index in [1.807, 2.05) is 0 Å². The lowest BCUT2D eigenvalue weighted by Gasteiger charge is -2.22. The van der Waals surface area contributed by atoms with Crippen molar-refractivity contribution in [2.45, 2.75) is 24.9 Å². The van der Waals surface area contributed by atoms with Crippen molar-refractivity contribution in [1.29, 1.82) is 0 Å². The number of aliphatic hydroxyl groups is 1. The van der Waals surface area contributed by atoms with Crippen molar-refractivity contribution in [3.05, 3.63) is 29.8 Å². The minimum atomic E-state index is -4.85. The van der Waals surface area contributed by atoms with Crippen molar-refractivity contribution >= 4 is 11.7 Å². The van der Waals surface area contributed by atoms with Crippen LogP contribution in [0, 0.1) is 0 Å². The molecule has 0 heterocycles. The van der Waals surface area contributed by atoms with Crippen LogP contribution >= 0.6 is 0 Å². The molecule has 1 aromatic rings. The summed E-state index contributed by atoms with van der Waals surface area (Å²) in [5, 5.41) is 11.1. The molecule has 2 N–H and O–H groups in total. The first-order valence-electron chi connectivity index (χ1n) is 6.31. The Labute approximate surface area is 127 Å². The Bertz CT molecular complexity index is 527. The van der Waals surface area contributed by atoms with Crippen molar-refractivity contribution in [3.8, 4) is 0 Å². The fourth-order valence-corrected chi connectivity index (χ4v) is 1.60. The van der Waals surface area contributed by atoms with Gasteiger partial charge in [-0.2, -0.15) is 26.3 Å².